The first-order chi connectivity index (χ1) is 11.0. The van der Waals surface area contributed by atoms with Crippen molar-refractivity contribution in [3.63, 3.8) is 0 Å². The Kier molecular flexibility index (Phi) is 5.74. The summed E-state index contributed by atoms with van der Waals surface area (Å²) >= 11 is 0. The van der Waals surface area contributed by atoms with Crippen LogP contribution in [0.5, 0.6) is 5.75 Å². The van der Waals surface area contributed by atoms with Crippen molar-refractivity contribution in [3.05, 3.63) is 59.4 Å². The number of hydrogen-bond acceptors (Lipinski definition) is 3. The minimum Gasteiger partial charge on any atom is -0.497 e. The smallest absolute Gasteiger partial charge is 0.252 e. The third kappa shape index (κ3) is 4.55. The molecule has 0 fully saturated rings. The number of carbonyl (C=O) groups is 1. The molecule has 0 unspecified atom stereocenters. The summed E-state index contributed by atoms with van der Waals surface area (Å²) in [7, 11) is 1.62. The van der Waals surface area contributed by atoms with Gasteiger partial charge in [0.25, 0.3) is 5.91 Å². The first-order valence-electron chi connectivity index (χ1n) is 7.86. The van der Waals surface area contributed by atoms with Crippen molar-refractivity contribution in [2.24, 2.45) is 5.92 Å². The highest BCUT2D eigenvalue weighted by Gasteiger charge is 2.18. The van der Waals surface area contributed by atoms with Gasteiger partial charge in [-0.1, -0.05) is 19.9 Å². The van der Waals surface area contributed by atoms with E-state index in [1.54, 1.807) is 19.4 Å². The van der Waals surface area contributed by atoms with Crippen LogP contribution in [0.4, 0.5) is 0 Å². The molecule has 2 rings (SSSR count). The Bertz CT molecular complexity index is 654. The number of ether oxygens (including phenoxy) is 1. The molecule has 1 aromatic carbocycles. The number of aryl methyl sites for hydroxylation is 1. The maximum Gasteiger partial charge on any atom is 0.252 e. The van der Waals surface area contributed by atoms with E-state index in [1.165, 1.54) is 0 Å². The van der Waals surface area contributed by atoms with Gasteiger partial charge < -0.3 is 10.1 Å². The average Bonchev–Trinajstić information content (AvgIpc) is 2.54. The van der Waals surface area contributed by atoms with Crippen LogP contribution in [0.2, 0.25) is 0 Å². The van der Waals surface area contributed by atoms with E-state index in [-0.39, 0.29) is 11.9 Å². The number of rotatable bonds is 6. The molecule has 0 aliphatic heterocycles. The van der Waals surface area contributed by atoms with Crippen molar-refractivity contribution in [1.29, 1.82) is 0 Å². The molecule has 4 nitrogen and oxygen atoms in total. The van der Waals surface area contributed by atoms with Crippen molar-refractivity contribution in [1.82, 2.24) is 10.3 Å². The molecule has 0 spiro atoms. The molecule has 4 heteroatoms. The molecule has 0 saturated heterocycles. The van der Waals surface area contributed by atoms with Gasteiger partial charge in [0.2, 0.25) is 0 Å². The summed E-state index contributed by atoms with van der Waals surface area (Å²) in [5, 5.41) is 3.14. The fraction of sp³-hybridized carbons (Fsp3) is 0.368. The third-order valence-corrected chi connectivity index (χ3v) is 3.78. The van der Waals surface area contributed by atoms with E-state index >= 15 is 0 Å². The number of aromatic nitrogens is 1. The lowest BCUT2D eigenvalue weighted by molar-refractivity contribution is 0.0931. The Morgan fingerprint density at radius 2 is 2.09 bits per heavy atom. The minimum absolute atomic E-state index is 0.0438. The van der Waals surface area contributed by atoms with Crippen LogP contribution in [0.25, 0.3) is 0 Å². The van der Waals surface area contributed by atoms with E-state index < -0.39 is 0 Å². The lowest BCUT2D eigenvalue weighted by atomic mass is 9.97. The Morgan fingerprint density at radius 3 is 2.65 bits per heavy atom. The van der Waals surface area contributed by atoms with Gasteiger partial charge in [0.05, 0.1) is 13.2 Å². The third-order valence-electron chi connectivity index (χ3n) is 3.78. The van der Waals surface area contributed by atoms with Gasteiger partial charge in [-0.05, 0) is 54.7 Å². The minimum atomic E-state index is -0.0698. The first-order valence-corrected chi connectivity index (χ1v) is 7.86. The van der Waals surface area contributed by atoms with Crippen molar-refractivity contribution in [2.75, 3.05) is 7.11 Å². The van der Waals surface area contributed by atoms with Crippen LogP contribution in [0.15, 0.2) is 42.7 Å². The zero-order valence-electron chi connectivity index (χ0n) is 14.2. The molecule has 2 aromatic rings. The molecule has 122 valence electrons. The van der Waals surface area contributed by atoms with Gasteiger partial charge in [-0.2, -0.15) is 0 Å². The Morgan fingerprint density at radius 1 is 1.30 bits per heavy atom. The fourth-order valence-electron chi connectivity index (χ4n) is 2.59. The highest BCUT2D eigenvalue weighted by Crippen LogP contribution is 2.22. The normalized spacial score (nSPS) is 12.0. The Labute approximate surface area is 137 Å². The number of hydrogen-bond donors (Lipinski definition) is 1. The molecule has 0 radical (unpaired) electrons. The van der Waals surface area contributed by atoms with E-state index in [0.717, 1.165) is 23.3 Å². The summed E-state index contributed by atoms with van der Waals surface area (Å²) in [6.45, 7) is 6.21. The van der Waals surface area contributed by atoms with Gasteiger partial charge in [0, 0.05) is 18.0 Å². The summed E-state index contributed by atoms with van der Waals surface area (Å²) < 4.78 is 5.19. The van der Waals surface area contributed by atoms with Crippen molar-refractivity contribution in [2.45, 2.75) is 33.2 Å². The number of nitrogens with zero attached hydrogens (tertiary/aromatic N) is 1. The summed E-state index contributed by atoms with van der Waals surface area (Å²) in [6.07, 6.45) is 4.42. The predicted octanol–water partition coefficient (Wildman–Crippen LogP) is 3.92. The molecule has 1 N–H and O–H groups in total. The number of benzene rings is 1. The molecule has 1 atom stereocenters. The van der Waals surface area contributed by atoms with Crippen molar-refractivity contribution < 1.29 is 9.53 Å². The first kappa shape index (κ1) is 17.0. The summed E-state index contributed by atoms with van der Waals surface area (Å²) in [5.74, 6) is 1.15. The van der Waals surface area contributed by atoms with Crippen LogP contribution in [-0.4, -0.2) is 18.0 Å². The van der Waals surface area contributed by atoms with Crippen LogP contribution in [-0.2, 0) is 0 Å². The summed E-state index contributed by atoms with van der Waals surface area (Å²) in [6, 6.07) is 9.34. The maximum absolute atomic E-state index is 12.7. The fourth-order valence-corrected chi connectivity index (χ4v) is 2.59. The van der Waals surface area contributed by atoms with Crippen LogP contribution >= 0.6 is 0 Å². The number of carbonyl (C=O) groups excluding carboxylic acids is 1. The molecular formula is C19H24N2O2. The molecule has 23 heavy (non-hydrogen) atoms. The summed E-state index contributed by atoms with van der Waals surface area (Å²) in [4.78, 5) is 16.8. The number of methoxy groups -OCH3 is 1. The Hall–Kier alpha value is -2.36. The van der Waals surface area contributed by atoms with Gasteiger partial charge in [-0.3, -0.25) is 9.78 Å². The van der Waals surface area contributed by atoms with Gasteiger partial charge in [0.15, 0.2) is 0 Å². The second-order valence-electron chi connectivity index (χ2n) is 6.12. The number of amides is 1. The maximum atomic E-state index is 12.7. The molecule has 0 aliphatic carbocycles. The predicted molar refractivity (Wildman–Crippen MR) is 91.6 cm³/mol. The van der Waals surface area contributed by atoms with Crippen molar-refractivity contribution >= 4 is 5.91 Å². The zero-order chi connectivity index (χ0) is 16.8. The molecule has 0 saturated carbocycles. The lowest BCUT2D eigenvalue weighted by Crippen LogP contribution is -2.30. The van der Waals surface area contributed by atoms with Gasteiger partial charge >= 0.3 is 0 Å². The molecule has 1 aromatic heterocycles. The van der Waals surface area contributed by atoms with Gasteiger partial charge in [-0.25, -0.2) is 0 Å². The van der Waals surface area contributed by atoms with Crippen LogP contribution in [0.3, 0.4) is 0 Å². The van der Waals surface area contributed by atoms with Crippen LogP contribution < -0.4 is 10.1 Å². The molecular weight excluding hydrogens is 288 g/mol. The second kappa shape index (κ2) is 7.77. The number of nitrogens with one attached hydrogen (secondary N) is 1. The molecule has 0 bridgehead atoms. The SMILES string of the molecule is COc1ccc(C(=O)N[C@@H](CC(C)C)c2cccnc2)c(C)c1. The summed E-state index contributed by atoms with van der Waals surface area (Å²) in [5.41, 5.74) is 2.60. The standard InChI is InChI=1S/C19H24N2O2/c1-13(2)10-18(15-6-5-9-20-12-15)21-19(22)17-8-7-16(23-4)11-14(17)3/h5-9,11-13,18H,10H2,1-4H3,(H,21,22)/t18-/m0/s1. The highest BCUT2D eigenvalue weighted by atomic mass is 16.5. The topological polar surface area (TPSA) is 51.2 Å². The zero-order valence-corrected chi connectivity index (χ0v) is 14.2. The van der Waals surface area contributed by atoms with Gasteiger partial charge in [0.1, 0.15) is 5.75 Å². The van der Waals surface area contributed by atoms with Gasteiger partial charge in [-0.15, -0.1) is 0 Å². The van der Waals surface area contributed by atoms with E-state index in [4.69, 9.17) is 4.74 Å². The highest BCUT2D eigenvalue weighted by molar-refractivity contribution is 5.96. The van der Waals surface area contributed by atoms with Crippen LogP contribution in [0.1, 0.15) is 47.8 Å². The largest absolute Gasteiger partial charge is 0.497 e. The molecule has 0 aliphatic rings. The monoisotopic (exact) mass is 312 g/mol. The Balaban J connectivity index is 2.20. The van der Waals surface area contributed by atoms with E-state index in [1.807, 2.05) is 37.4 Å². The van der Waals surface area contributed by atoms with Crippen LogP contribution in [0, 0.1) is 12.8 Å². The van der Waals surface area contributed by atoms with E-state index in [2.05, 4.69) is 24.1 Å². The van der Waals surface area contributed by atoms with E-state index in [9.17, 15) is 4.79 Å². The van der Waals surface area contributed by atoms with Crippen molar-refractivity contribution in [3.8, 4) is 5.75 Å². The van der Waals surface area contributed by atoms with E-state index in [0.29, 0.717) is 11.5 Å². The second-order valence-corrected chi connectivity index (χ2v) is 6.12. The molecule has 1 amide bonds. The quantitative estimate of drug-likeness (QED) is 0.879. The average molecular weight is 312 g/mol. The molecule has 1 heterocycles. The number of pyridine rings is 1. The lowest BCUT2D eigenvalue weighted by Gasteiger charge is -2.21.